The zero-order valence-corrected chi connectivity index (χ0v) is 16.6. The lowest BCUT2D eigenvalue weighted by molar-refractivity contribution is 0.0696. The first kappa shape index (κ1) is 18.2. The maximum absolute atomic E-state index is 12.7. The van der Waals surface area contributed by atoms with Crippen LogP contribution in [-0.4, -0.2) is 46.7 Å². The van der Waals surface area contributed by atoms with Crippen LogP contribution in [-0.2, 0) is 4.74 Å². The van der Waals surface area contributed by atoms with Gasteiger partial charge in [-0.1, -0.05) is 17.4 Å². The summed E-state index contributed by atoms with van der Waals surface area (Å²) >= 11 is 1.29. The van der Waals surface area contributed by atoms with E-state index in [4.69, 9.17) is 4.74 Å². The number of thiazole rings is 1. The standard InChI is InChI=1S/C20H20N6O2S/c21-10-12-1-2-15-13(9-12)3-6-26(15)17-16-19(23-11-22-17)29-20(25-16)18(27)24-14-4-7-28-8-5-14/h1-2,11-12,14H,3-9H2,(H,24,27). The normalized spacial score (nSPS) is 22.0. The van der Waals surface area contributed by atoms with Crippen LogP contribution in [0.5, 0.6) is 0 Å². The second kappa shape index (κ2) is 7.54. The minimum Gasteiger partial charge on any atom is -0.381 e. The Morgan fingerprint density at radius 2 is 2.21 bits per heavy atom. The number of amides is 1. The molecule has 2 aromatic heterocycles. The Morgan fingerprint density at radius 1 is 1.34 bits per heavy atom. The minimum atomic E-state index is -0.165. The van der Waals surface area contributed by atoms with Crippen molar-refractivity contribution in [1.29, 1.82) is 5.26 Å². The van der Waals surface area contributed by atoms with Gasteiger partial charge >= 0.3 is 0 Å². The first-order valence-electron chi connectivity index (χ1n) is 9.80. The molecule has 2 aliphatic heterocycles. The number of nitrogens with zero attached hydrogens (tertiary/aromatic N) is 5. The molecule has 1 atom stereocenters. The van der Waals surface area contributed by atoms with Crippen molar-refractivity contribution in [1.82, 2.24) is 20.3 Å². The summed E-state index contributed by atoms with van der Waals surface area (Å²) in [5, 5.41) is 12.7. The lowest BCUT2D eigenvalue weighted by Crippen LogP contribution is -2.38. The number of hydrogen-bond donors (Lipinski definition) is 1. The molecule has 29 heavy (non-hydrogen) atoms. The maximum atomic E-state index is 12.7. The summed E-state index contributed by atoms with van der Waals surface area (Å²) in [5.41, 5.74) is 3.02. The summed E-state index contributed by atoms with van der Waals surface area (Å²) in [5.74, 6) is 0.502. The lowest BCUT2D eigenvalue weighted by Gasteiger charge is -2.22. The van der Waals surface area contributed by atoms with Crippen LogP contribution in [0, 0.1) is 17.2 Å². The van der Waals surface area contributed by atoms with E-state index in [0.717, 1.165) is 43.7 Å². The van der Waals surface area contributed by atoms with Gasteiger partial charge in [-0.2, -0.15) is 5.26 Å². The zero-order valence-electron chi connectivity index (χ0n) is 15.8. The van der Waals surface area contributed by atoms with Gasteiger partial charge in [0.1, 0.15) is 16.7 Å². The Morgan fingerprint density at radius 3 is 3.03 bits per heavy atom. The molecule has 1 saturated heterocycles. The molecular weight excluding hydrogens is 388 g/mol. The lowest BCUT2D eigenvalue weighted by atomic mass is 9.93. The van der Waals surface area contributed by atoms with Gasteiger partial charge in [-0.25, -0.2) is 15.0 Å². The van der Waals surface area contributed by atoms with Gasteiger partial charge in [0, 0.05) is 31.5 Å². The monoisotopic (exact) mass is 408 g/mol. The van der Waals surface area contributed by atoms with Crippen LogP contribution >= 0.6 is 11.3 Å². The third-order valence-corrected chi connectivity index (χ3v) is 6.55. The molecule has 5 rings (SSSR count). The molecule has 1 aliphatic carbocycles. The molecular formula is C20H20N6O2S. The van der Waals surface area contributed by atoms with Crippen molar-refractivity contribution in [3.63, 3.8) is 0 Å². The number of ether oxygens (including phenoxy) is 1. The van der Waals surface area contributed by atoms with E-state index in [0.29, 0.717) is 28.6 Å². The van der Waals surface area contributed by atoms with Gasteiger partial charge in [0.15, 0.2) is 10.8 Å². The fourth-order valence-electron chi connectivity index (χ4n) is 4.08. The van der Waals surface area contributed by atoms with E-state index < -0.39 is 0 Å². The van der Waals surface area contributed by atoms with Crippen LogP contribution in [0.2, 0.25) is 0 Å². The molecule has 9 heteroatoms. The zero-order chi connectivity index (χ0) is 19.8. The highest BCUT2D eigenvalue weighted by Crippen LogP contribution is 2.38. The van der Waals surface area contributed by atoms with E-state index in [1.807, 2.05) is 12.2 Å². The van der Waals surface area contributed by atoms with Gasteiger partial charge in [-0.3, -0.25) is 4.79 Å². The number of hydrogen-bond acceptors (Lipinski definition) is 8. The van der Waals surface area contributed by atoms with Gasteiger partial charge in [0.25, 0.3) is 5.91 Å². The Kier molecular flexibility index (Phi) is 4.73. The van der Waals surface area contributed by atoms with E-state index in [2.05, 4.69) is 31.2 Å². The summed E-state index contributed by atoms with van der Waals surface area (Å²) in [7, 11) is 0. The summed E-state index contributed by atoms with van der Waals surface area (Å²) < 4.78 is 5.35. The first-order chi connectivity index (χ1) is 14.2. The van der Waals surface area contributed by atoms with Crippen molar-refractivity contribution in [2.24, 2.45) is 5.92 Å². The van der Waals surface area contributed by atoms with Crippen LogP contribution in [0.1, 0.15) is 35.5 Å². The Bertz CT molecular complexity index is 1060. The van der Waals surface area contributed by atoms with Gasteiger partial charge < -0.3 is 15.0 Å². The number of carbonyl (C=O) groups is 1. The van der Waals surface area contributed by atoms with Gasteiger partial charge in [0.05, 0.1) is 12.0 Å². The molecule has 3 aliphatic rings. The van der Waals surface area contributed by atoms with E-state index in [-0.39, 0.29) is 17.9 Å². The molecule has 0 bridgehead atoms. The van der Waals surface area contributed by atoms with Gasteiger partial charge in [0.2, 0.25) is 0 Å². The number of carbonyl (C=O) groups excluding carboxylic acids is 1. The largest absolute Gasteiger partial charge is 0.381 e. The number of allylic oxidation sites excluding steroid dienone is 2. The van der Waals surface area contributed by atoms with E-state index in [1.54, 1.807) is 0 Å². The number of nitriles is 1. The second-order valence-electron chi connectivity index (χ2n) is 7.42. The Balaban J connectivity index is 1.43. The average Bonchev–Trinajstić information content (AvgIpc) is 3.38. The van der Waals surface area contributed by atoms with Crippen molar-refractivity contribution in [2.75, 3.05) is 24.7 Å². The number of aromatic nitrogens is 3. The van der Waals surface area contributed by atoms with Crippen LogP contribution < -0.4 is 10.2 Å². The van der Waals surface area contributed by atoms with Crippen LogP contribution in [0.15, 0.2) is 29.7 Å². The van der Waals surface area contributed by atoms with Crippen molar-refractivity contribution < 1.29 is 9.53 Å². The number of fused-ring (bicyclic) bond motifs is 1. The topological polar surface area (TPSA) is 104 Å². The fraction of sp³-hybridized carbons (Fsp3) is 0.450. The highest BCUT2D eigenvalue weighted by Gasteiger charge is 2.29. The Labute approximate surface area is 171 Å². The fourth-order valence-corrected chi connectivity index (χ4v) is 4.88. The molecule has 0 saturated carbocycles. The van der Waals surface area contributed by atoms with Crippen LogP contribution in [0.4, 0.5) is 5.82 Å². The SMILES string of the molecule is N#CC1C=CC2=C(CCN2c2ncnc3sc(C(=O)NC4CCOCC4)nc23)C1. The maximum Gasteiger partial charge on any atom is 0.280 e. The number of nitrogens with one attached hydrogen (secondary N) is 1. The highest BCUT2D eigenvalue weighted by atomic mass is 32.1. The molecule has 0 aromatic carbocycles. The summed E-state index contributed by atoms with van der Waals surface area (Å²) in [4.78, 5) is 28.9. The quantitative estimate of drug-likeness (QED) is 0.832. The molecule has 1 N–H and O–H groups in total. The van der Waals surface area contributed by atoms with Crippen molar-refractivity contribution >= 4 is 33.4 Å². The van der Waals surface area contributed by atoms with Crippen molar-refractivity contribution in [2.45, 2.75) is 31.7 Å². The first-order valence-corrected chi connectivity index (χ1v) is 10.6. The summed E-state index contributed by atoms with van der Waals surface area (Å²) in [6.07, 6.45) is 8.81. The predicted molar refractivity (Wildman–Crippen MR) is 108 cm³/mol. The number of anilines is 1. The average molecular weight is 408 g/mol. The van der Waals surface area contributed by atoms with E-state index >= 15 is 0 Å². The highest BCUT2D eigenvalue weighted by molar-refractivity contribution is 7.19. The molecule has 2 aromatic rings. The molecule has 1 amide bonds. The van der Waals surface area contributed by atoms with Crippen LogP contribution in [0.25, 0.3) is 10.3 Å². The molecule has 1 unspecified atom stereocenters. The summed E-state index contributed by atoms with van der Waals surface area (Å²) in [6.45, 7) is 2.14. The van der Waals surface area contributed by atoms with E-state index in [1.165, 1.54) is 23.2 Å². The third-order valence-electron chi connectivity index (χ3n) is 5.59. The number of rotatable bonds is 3. The second-order valence-corrected chi connectivity index (χ2v) is 8.40. The molecule has 0 spiro atoms. The Hall–Kier alpha value is -2.83. The molecule has 148 valence electrons. The summed E-state index contributed by atoms with van der Waals surface area (Å²) in [6, 6.07) is 2.45. The molecule has 8 nitrogen and oxygen atoms in total. The molecule has 4 heterocycles. The molecule has 0 radical (unpaired) electrons. The van der Waals surface area contributed by atoms with Crippen molar-refractivity contribution in [3.8, 4) is 6.07 Å². The molecule has 1 fully saturated rings. The van der Waals surface area contributed by atoms with E-state index in [9.17, 15) is 10.1 Å². The van der Waals surface area contributed by atoms with Crippen molar-refractivity contribution in [3.05, 3.63) is 34.8 Å². The third kappa shape index (κ3) is 3.39. The predicted octanol–water partition coefficient (Wildman–Crippen LogP) is 2.56. The van der Waals surface area contributed by atoms with Crippen LogP contribution in [0.3, 0.4) is 0 Å². The smallest absolute Gasteiger partial charge is 0.280 e. The minimum absolute atomic E-state index is 0.0566. The van der Waals surface area contributed by atoms with Gasteiger partial charge in [-0.05, 0) is 37.3 Å². The van der Waals surface area contributed by atoms with Gasteiger partial charge in [-0.15, -0.1) is 0 Å².